The van der Waals surface area contributed by atoms with E-state index in [1.54, 1.807) is 14.2 Å². The van der Waals surface area contributed by atoms with E-state index >= 15 is 0 Å². The number of ether oxygens (including phenoxy) is 2. The van der Waals surface area contributed by atoms with Crippen molar-refractivity contribution in [3.63, 3.8) is 0 Å². The van der Waals surface area contributed by atoms with Crippen LogP contribution in [0.2, 0.25) is 0 Å². The number of nitrogens with zero attached hydrogens (tertiary/aromatic N) is 1. The quantitative estimate of drug-likeness (QED) is 0.866. The third kappa shape index (κ3) is 2.99. The van der Waals surface area contributed by atoms with Crippen molar-refractivity contribution in [2.75, 3.05) is 14.2 Å². The average molecular weight is 290 g/mol. The number of H-pyrrole nitrogens is 1. The van der Waals surface area contributed by atoms with Crippen LogP contribution in [0, 0.1) is 4.64 Å². The molecule has 20 heavy (non-hydrogen) atoms. The Labute approximate surface area is 123 Å². The molecule has 2 rings (SSSR count). The lowest BCUT2D eigenvalue weighted by atomic mass is 10.1. The van der Waals surface area contributed by atoms with Crippen molar-refractivity contribution < 1.29 is 9.47 Å². The van der Waals surface area contributed by atoms with Crippen molar-refractivity contribution in [2.24, 2.45) is 0 Å². The van der Waals surface area contributed by atoms with E-state index < -0.39 is 0 Å². The van der Waals surface area contributed by atoms with Crippen molar-refractivity contribution in [1.82, 2.24) is 9.97 Å². The zero-order valence-corrected chi connectivity index (χ0v) is 12.9. The number of rotatable bonds is 4. The number of benzene rings is 1. The Morgan fingerprint density at radius 2 is 1.80 bits per heavy atom. The number of hydrogen-bond donors (Lipinski definition) is 1. The lowest BCUT2D eigenvalue weighted by molar-refractivity contribution is 0.355. The summed E-state index contributed by atoms with van der Waals surface area (Å²) in [4.78, 5) is 7.70. The van der Waals surface area contributed by atoms with Gasteiger partial charge in [-0.05, 0) is 30.2 Å². The molecular weight excluding hydrogens is 272 g/mol. The van der Waals surface area contributed by atoms with Gasteiger partial charge in [0.25, 0.3) is 0 Å². The standard InChI is InChI=1S/C15H18N2O2S/c1-9(2)11-8-14(20)17-15(16-11)10-5-6-12(18-3)13(7-10)19-4/h5-9H,1-4H3,(H,16,17,20). The first-order valence-electron chi connectivity index (χ1n) is 6.38. The van der Waals surface area contributed by atoms with E-state index in [-0.39, 0.29) is 0 Å². The topological polar surface area (TPSA) is 47.1 Å². The minimum atomic E-state index is 0.360. The molecule has 0 bridgehead atoms. The fourth-order valence-corrected chi connectivity index (χ4v) is 2.13. The van der Waals surface area contributed by atoms with Gasteiger partial charge < -0.3 is 14.5 Å². The smallest absolute Gasteiger partial charge is 0.161 e. The van der Waals surface area contributed by atoms with E-state index in [9.17, 15) is 0 Å². The molecule has 0 saturated heterocycles. The third-order valence-electron chi connectivity index (χ3n) is 3.04. The summed E-state index contributed by atoms with van der Waals surface area (Å²) in [6, 6.07) is 7.56. The molecule has 0 spiro atoms. The van der Waals surface area contributed by atoms with Crippen molar-refractivity contribution >= 4 is 12.2 Å². The highest BCUT2D eigenvalue weighted by molar-refractivity contribution is 7.71. The first kappa shape index (κ1) is 14.5. The van der Waals surface area contributed by atoms with Crippen molar-refractivity contribution in [2.45, 2.75) is 19.8 Å². The van der Waals surface area contributed by atoms with Gasteiger partial charge in [-0.2, -0.15) is 0 Å². The molecule has 0 atom stereocenters. The largest absolute Gasteiger partial charge is 0.493 e. The molecule has 106 valence electrons. The molecule has 0 aliphatic heterocycles. The highest BCUT2D eigenvalue weighted by Crippen LogP contribution is 2.31. The molecule has 0 aliphatic rings. The van der Waals surface area contributed by atoms with Crippen LogP contribution in [0.5, 0.6) is 11.5 Å². The zero-order valence-electron chi connectivity index (χ0n) is 12.1. The molecule has 0 saturated carbocycles. The van der Waals surface area contributed by atoms with Crippen LogP contribution in [0.4, 0.5) is 0 Å². The average Bonchev–Trinajstić information content (AvgIpc) is 2.45. The summed E-state index contributed by atoms with van der Waals surface area (Å²) >= 11 is 5.23. The minimum absolute atomic E-state index is 0.360. The van der Waals surface area contributed by atoms with Gasteiger partial charge in [0.2, 0.25) is 0 Å². The molecule has 1 aromatic heterocycles. The van der Waals surface area contributed by atoms with Crippen molar-refractivity contribution in [3.8, 4) is 22.9 Å². The molecule has 4 nitrogen and oxygen atoms in total. The minimum Gasteiger partial charge on any atom is -0.493 e. The van der Waals surface area contributed by atoms with E-state index in [0.717, 1.165) is 17.1 Å². The highest BCUT2D eigenvalue weighted by atomic mass is 32.1. The maximum absolute atomic E-state index is 5.31. The number of aromatic amines is 1. The van der Waals surface area contributed by atoms with Crippen LogP contribution in [-0.4, -0.2) is 24.2 Å². The number of hydrogen-bond acceptors (Lipinski definition) is 4. The third-order valence-corrected chi connectivity index (χ3v) is 3.25. The molecule has 0 fully saturated rings. The van der Waals surface area contributed by atoms with Crippen molar-refractivity contribution in [1.29, 1.82) is 0 Å². The van der Waals surface area contributed by atoms with Crippen LogP contribution in [-0.2, 0) is 0 Å². The van der Waals surface area contributed by atoms with E-state index in [4.69, 9.17) is 21.7 Å². The van der Waals surface area contributed by atoms with Gasteiger partial charge in [0.1, 0.15) is 10.5 Å². The summed E-state index contributed by atoms with van der Waals surface area (Å²) in [7, 11) is 3.23. The number of methoxy groups -OCH3 is 2. The Bertz CT molecular complexity index is 665. The molecule has 1 heterocycles. The van der Waals surface area contributed by atoms with Gasteiger partial charge in [0, 0.05) is 11.3 Å². The summed E-state index contributed by atoms with van der Waals surface area (Å²) in [5, 5.41) is 0. The Kier molecular flexibility index (Phi) is 4.39. The van der Waals surface area contributed by atoms with Gasteiger partial charge in [-0.1, -0.05) is 26.1 Å². The van der Waals surface area contributed by atoms with Gasteiger partial charge in [0.05, 0.1) is 14.2 Å². The predicted molar refractivity (Wildman–Crippen MR) is 82.1 cm³/mol. The van der Waals surface area contributed by atoms with Gasteiger partial charge in [-0.15, -0.1) is 0 Å². The molecule has 5 heteroatoms. The van der Waals surface area contributed by atoms with Crippen LogP contribution in [0.1, 0.15) is 25.5 Å². The summed E-state index contributed by atoms with van der Waals surface area (Å²) in [6.07, 6.45) is 0. The number of nitrogens with one attached hydrogen (secondary N) is 1. The van der Waals surface area contributed by atoms with Crippen LogP contribution in [0.15, 0.2) is 24.3 Å². The molecule has 0 unspecified atom stereocenters. The fraction of sp³-hybridized carbons (Fsp3) is 0.333. The molecule has 1 aromatic carbocycles. The second-order valence-corrected chi connectivity index (χ2v) is 5.17. The fourth-order valence-electron chi connectivity index (χ4n) is 1.91. The van der Waals surface area contributed by atoms with Gasteiger partial charge >= 0.3 is 0 Å². The zero-order chi connectivity index (χ0) is 14.7. The Hall–Kier alpha value is -1.88. The monoisotopic (exact) mass is 290 g/mol. The molecular formula is C15H18N2O2S. The first-order chi connectivity index (χ1) is 9.55. The summed E-state index contributed by atoms with van der Waals surface area (Å²) in [5.74, 6) is 2.46. The van der Waals surface area contributed by atoms with Crippen molar-refractivity contribution in [3.05, 3.63) is 34.6 Å². The van der Waals surface area contributed by atoms with Crippen LogP contribution < -0.4 is 9.47 Å². The summed E-state index contributed by atoms with van der Waals surface area (Å²) in [6.45, 7) is 4.22. The predicted octanol–water partition coefficient (Wildman–Crippen LogP) is 3.95. The van der Waals surface area contributed by atoms with E-state index in [1.165, 1.54) is 0 Å². The summed E-state index contributed by atoms with van der Waals surface area (Å²) < 4.78 is 11.1. The van der Waals surface area contributed by atoms with E-state index in [2.05, 4.69) is 23.8 Å². The lowest BCUT2D eigenvalue weighted by Gasteiger charge is -2.11. The van der Waals surface area contributed by atoms with Crippen LogP contribution >= 0.6 is 12.2 Å². The molecule has 1 N–H and O–H groups in total. The molecule has 2 aromatic rings. The maximum Gasteiger partial charge on any atom is 0.161 e. The Balaban J connectivity index is 2.53. The molecule has 0 radical (unpaired) electrons. The Morgan fingerprint density at radius 1 is 1.10 bits per heavy atom. The van der Waals surface area contributed by atoms with Crippen LogP contribution in [0.3, 0.4) is 0 Å². The van der Waals surface area contributed by atoms with E-state index in [1.807, 2.05) is 24.3 Å². The maximum atomic E-state index is 5.31. The summed E-state index contributed by atoms with van der Waals surface area (Å²) in [5.41, 5.74) is 1.98. The lowest BCUT2D eigenvalue weighted by Crippen LogP contribution is -1.98. The van der Waals surface area contributed by atoms with Gasteiger partial charge in [-0.3, -0.25) is 0 Å². The van der Waals surface area contributed by atoms with E-state index in [0.29, 0.717) is 22.1 Å². The SMILES string of the molecule is COc1ccc(-c2nc(=S)cc(C(C)C)[nH]2)cc1OC. The highest BCUT2D eigenvalue weighted by Gasteiger charge is 2.09. The second-order valence-electron chi connectivity index (χ2n) is 4.75. The molecule has 0 amide bonds. The van der Waals surface area contributed by atoms with Gasteiger partial charge in [-0.25, -0.2) is 4.98 Å². The van der Waals surface area contributed by atoms with Crippen LogP contribution in [0.25, 0.3) is 11.4 Å². The second kappa shape index (κ2) is 6.05. The normalized spacial score (nSPS) is 10.7. The Morgan fingerprint density at radius 3 is 2.40 bits per heavy atom. The molecule has 0 aliphatic carbocycles. The first-order valence-corrected chi connectivity index (χ1v) is 6.79. The van der Waals surface area contributed by atoms with Gasteiger partial charge in [0.15, 0.2) is 11.5 Å². The number of aromatic nitrogens is 2.